The quantitative estimate of drug-likeness (QED) is 0.0733. The maximum atomic E-state index is 13.1. The summed E-state index contributed by atoms with van der Waals surface area (Å²) in [6.07, 6.45) is 18.0. The van der Waals surface area contributed by atoms with Gasteiger partial charge in [-0.2, -0.15) is 10.5 Å². The molecule has 15 nitrogen and oxygen atoms in total. The van der Waals surface area contributed by atoms with Gasteiger partial charge in [0.25, 0.3) is 0 Å². The number of amides is 5. The van der Waals surface area contributed by atoms with Crippen LogP contribution in [-0.2, 0) is 28.7 Å². The summed E-state index contributed by atoms with van der Waals surface area (Å²) in [6.45, 7) is 10.5. The van der Waals surface area contributed by atoms with Crippen molar-refractivity contribution in [2.24, 2.45) is 35.5 Å². The monoisotopic (exact) mass is 1010 g/mol. The van der Waals surface area contributed by atoms with E-state index < -0.39 is 30.1 Å². The normalized spacial score (nSPS) is 20.3. The highest BCUT2D eigenvalue weighted by Gasteiger charge is 2.33. The molecule has 3 aliphatic carbocycles. The minimum atomic E-state index is -0.855. The van der Waals surface area contributed by atoms with Crippen LogP contribution < -0.4 is 31.9 Å². The fourth-order valence-electron chi connectivity index (χ4n) is 10.7. The topological polar surface area (TPSA) is 231 Å². The van der Waals surface area contributed by atoms with Gasteiger partial charge in [0.1, 0.15) is 31.0 Å². The average molecular weight is 1010 g/mol. The molecule has 2 aromatic rings. The molecule has 7 rings (SSSR count). The van der Waals surface area contributed by atoms with Crippen LogP contribution in [0.25, 0.3) is 11.1 Å². The van der Waals surface area contributed by atoms with Gasteiger partial charge in [-0.3, -0.25) is 19.2 Å². The van der Waals surface area contributed by atoms with E-state index in [9.17, 15) is 39.3 Å². The number of fused-ring (bicyclic) bond motifs is 3. The van der Waals surface area contributed by atoms with Gasteiger partial charge in [0.2, 0.25) is 23.6 Å². The van der Waals surface area contributed by atoms with Crippen molar-refractivity contribution in [2.45, 2.75) is 181 Å². The zero-order valence-electron chi connectivity index (χ0n) is 43.4. The Morgan fingerprint density at radius 2 is 1.12 bits per heavy atom. The molecule has 5 aliphatic rings. The smallest absolute Gasteiger partial charge is 0.407 e. The van der Waals surface area contributed by atoms with Gasteiger partial charge in [0.05, 0.1) is 18.2 Å². The lowest BCUT2D eigenvalue weighted by molar-refractivity contribution is -0.128. The second-order valence-electron chi connectivity index (χ2n) is 21.4. The number of alkyl carbamates (subject to hydrolysis) is 1. The molecule has 4 fully saturated rings. The summed E-state index contributed by atoms with van der Waals surface area (Å²) < 4.78 is 5.62. The summed E-state index contributed by atoms with van der Waals surface area (Å²) >= 11 is 0. The first-order valence-corrected chi connectivity index (χ1v) is 27.1. The number of nitrogens with zero attached hydrogens (tertiary/aromatic N) is 2. The van der Waals surface area contributed by atoms with E-state index in [1.807, 2.05) is 50.2 Å². The highest BCUT2D eigenvalue weighted by atomic mass is 16.5. The third-order valence-electron chi connectivity index (χ3n) is 14.7. The third kappa shape index (κ3) is 19.5. The first-order chi connectivity index (χ1) is 34.8. The number of ether oxygens (including phenoxy) is 1. The largest absolute Gasteiger partial charge is 0.449 e. The fourth-order valence-corrected chi connectivity index (χ4v) is 10.7. The first kappa shape index (κ1) is 59.8. The number of nitrogens with one attached hydrogen (secondary N) is 6. The highest BCUT2D eigenvalue weighted by molar-refractivity contribution is 5.87. The predicted octanol–water partition coefficient (Wildman–Crippen LogP) is 8.76. The molecule has 6 N–H and O–H groups in total. The molecule has 6 atom stereocenters. The molecular formula is C58H86N8O7. The van der Waals surface area contributed by atoms with E-state index in [1.165, 1.54) is 51.4 Å². The van der Waals surface area contributed by atoms with Crippen molar-refractivity contribution in [1.82, 2.24) is 31.9 Å². The molecule has 0 radical (unpaired) electrons. The Morgan fingerprint density at radius 1 is 0.658 bits per heavy atom. The SMILES string of the molecule is C.CC(C)C[C@H](NC(=O)OCC1c2ccccc2-c2ccccc21)C(=O)N[C@H](C#N)C[C@@H]1CCCNC1=O.CC(C)C[C@H](NCC1CCCCC1)C(=O)N[C@H](C#N)C[C@@H]1CCCNC1=O.O=CC1CCCCC1. The Labute approximate surface area is 435 Å². The molecule has 400 valence electrons. The molecule has 15 heteroatoms. The molecule has 0 aromatic heterocycles. The molecular weight excluding hydrogens is 921 g/mol. The number of carbonyl (C=O) groups excluding carboxylic acids is 6. The summed E-state index contributed by atoms with van der Waals surface area (Å²) in [4.78, 5) is 72.9. The van der Waals surface area contributed by atoms with Crippen LogP contribution in [-0.4, -0.2) is 86.4 Å². The molecule has 2 aromatic carbocycles. The van der Waals surface area contributed by atoms with E-state index >= 15 is 0 Å². The number of rotatable bonds is 19. The van der Waals surface area contributed by atoms with E-state index in [2.05, 4.69) is 70.0 Å². The van der Waals surface area contributed by atoms with Crippen LogP contribution >= 0.6 is 0 Å². The Balaban J connectivity index is 0.000000280. The lowest BCUT2D eigenvalue weighted by atomic mass is 9.89. The zero-order chi connectivity index (χ0) is 51.8. The van der Waals surface area contributed by atoms with Crippen LogP contribution in [0.15, 0.2) is 48.5 Å². The van der Waals surface area contributed by atoms with E-state index in [4.69, 9.17) is 4.74 Å². The van der Waals surface area contributed by atoms with Gasteiger partial charge in [-0.05, 0) is 124 Å². The minimum absolute atomic E-state index is 0. The Bertz CT molecular complexity index is 2110. The van der Waals surface area contributed by atoms with Gasteiger partial charge in [-0.1, -0.05) is 122 Å². The summed E-state index contributed by atoms with van der Waals surface area (Å²) in [5, 5.41) is 36.5. The van der Waals surface area contributed by atoms with Crippen LogP contribution in [0.4, 0.5) is 4.79 Å². The number of aldehydes is 1. The van der Waals surface area contributed by atoms with E-state index in [0.29, 0.717) is 50.1 Å². The predicted molar refractivity (Wildman–Crippen MR) is 284 cm³/mol. The third-order valence-corrected chi connectivity index (χ3v) is 14.7. The summed E-state index contributed by atoms with van der Waals surface area (Å²) in [7, 11) is 0. The lowest BCUT2D eigenvalue weighted by Gasteiger charge is -2.28. The molecule has 73 heavy (non-hydrogen) atoms. The summed E-state index contributed by atoms with van der Waals surface area (Å²) in [5.74, 6) is 0.356. The van der Waals surface area contributed by atoms with Gasteiger partial charge in [0, 0.05) is 36.8 Å². The second-order valence-corrected chi connectivity index (χ2v) is 21.4. The molecule has 0 bridgehead atoms. The van der Waals surface area contributed by atoms with Gasteiger partial charge in [-0.15, -0.1) is 0 Å². The van der Waals surface area contributed by atoms with Gasteiger partial charge >= 0.3 is 6.09 Å². The molecule has 2 saturated heterocycles. The number of hydrogen-bond acceptors (Lipinski definition) is 10. The van der Waals surface area contributed by atoms with Crippen LogP contribution in [0, 0.1) is 58.2 Å². The van der Waals surface area contributed by atoms with Gasteiger partial charge < -0.3 is 41.4 Å². The number of hydrogen-bond donors (Lipinski definition) is 6. The fraction of sp³-hybridized carbons (Fsp3) is 0.655. The molecule has 5 amide bonds. The molecule has 0 unspecified atom stereocenters. The van der Waals surface area contributed by atoms with E-state index in [1.54, 1.807) is 0 Å². The zero-order valence-corrected chi connectivity index (χ0v) is 43.4. The highest BCUT2D eigenvalue weighted by Crippen LogP contribution is 2.44. The Morgan fingerprint density at radius 3 is 1.58 bits per heavy atom. The Hall–Kier alpha value is -5.80. The van der Waals surface area contributed by atoms with Gasteiger partial charge in [0.15, 0.2) is 0 Å². The van der Waals surface area contributed by atoms with Crippen molar-refractivity contribution < 1.29 is 33.5 Å². The lowest BCUT2D eigenvalue weighted by Crippen LogP contribution is -2.51. The van der Waals surface area contributed by atoms with Crippen LogP contribution in [0.1, 0.15) is 168 Å². The van der Waals surface area contributed by atoms with E-state index in [0.717, 1.165) is 73.6 Å². The molecule has 2 heterocycles. The number of piperidine rings is 2. The minimum Gasteiger partial charge on any atom is -0.449 e. The number of nitriles is 2. The average Bonchev–Trinajstić information content (AvgIpc) is 3.71. The van der Waals surface area contributed by atoms with Crippen molar-refractivity contribution in [3.63, 3.8) is 0 Å². The van der Waals surface area contributed by atoms with Crippen LogP contribution in [0.5, 0.6) is 0 Å². The van der Waals surface area contributed by atoms with E-state index in [-0.39, 0.29) is 67.9 Å². The van der Waals surface area contributed by atoms with Crippen molar-refractivity contribution in [2.75, 3.05) is 26.2 Å². The molecule has 2 aliphatic heterocycles. The molecule has 0 spiro atoms. The first-order valence-electron chi connectivity index (χ1n) is 27.1. The standard InChI is InChI=1S/C29H34N4O4.C21H36N4O2.C7H12O.CH4/c1-18(2)14-26(28(35)32-20(16-30)15-19-8-7-13-31-27(19)34)33-29(36)37-17-25-23-11-5-3-9-21(23)22-10-4-6-12-24(22)25;1-15(2)11-19(24-14-16-7-4-3-5-8-16)21(27)25-18(13-22)12-17-9-6-10-23-20(17)26;8-6-7-4-2-1-3-5-7;/h3-6,9-12,18-20,25-26H,7-8,13-15,17H2,1-2H3,(H,31,34)(H,32,35)(H,33,36);15-19,24H,3-12,14H2,1-2H3,(H,23,26)(H,25,27);6-7H,1-5H2;1H4/t19-,20-,26-;17-,18-,19-;;/m00../s1. The maximum absolute atomic E-state index is 13.1. The van der Waals surface area contributed by atoms with Crippen molar-refractivity contribution >= 4 is 36.0 Å². The van der Waals surface area contributed by atoms with Crippen molar-refractivity contribution in [3.05, 3.63) is 59.7 Å². The molecule has 2 saturated carbocycles. The summed E-state index contributed by atoms with van der Waals surface area (Å²) in [6, 6.07) is 17.9. The number of carbonyl (C=O) groups is 6. The van der Waals surface area contributed by atoms with Crippen molar-refractivity contribution in [1.29, 1.82) is 10.5 Å². The van der Waals surface area contributed by atoms with Crippen LogP contribution in [0.2, 0.25) is 0 Å². The summed E-state index contributed by atoms with van der Waals surface area (Å²) in [5.41, 5.74) is 4.49. The number of benzene rings is 2. The Kier molecular flexibility index (Phi) is 26.0. The second kappa shape index (κ2) is 31.7. The maximum Gasteiger partial charge on any atom is 0.407 e. The van der Waals surface area contributed by atoms with Crippen LogP contribution in [0.3, 0.4) is 0 Å². The van der Waals surface area contributed by atoms with Crippen molar-refractivity contribution in [3.8, 4) is 23.3 Å². The van der Waals surface area contributed by atoms with Gasteiger partial charge in [-0.25, -0.2) is 4.79 Å².